The molecule has 0 saturated heterocycles. The lowest BCUT2D eigenvalue weighted by molar-refractivity contribution is -0.384. The number of benzene rings is 3. The minimum Gasteiger partial charge on any atom is -0.322 e. The van der Waals surface area contributed by atoms with Crippen LogP contribution >= 0.6 is 11.6 Å². The number of hydrogen-bond acceptors (Lipinski definition) is 5. The summed E-state index contributed by atoms with van der Waals surface area (Å²) in [6, 6.07) is 15.8. The number of anilines is 1. The Morgan fingerprint density at radius 3 is 2.44 bits per heavy atom. The van der Waals surface area contributed by atoms with E-state index in [2.05, 4.69) is 15.5 Å². The third kappa shape index (κ3) is 4.50. The van der Waals surface area contributed by atoms with E-state index >= 15 is 0 Å². The van der Waals surface area contributed by atoms with Crippen LogP contribution in [-0.2, 0) is 4.79 Å². The molecule has 1 aromatic heterocycles. The summed E-state index contributed by atoms with van der Waals surface area (Å²) in [6.07, 6.45) is 2.79. The van der Waals surface area contributed by atoms with Gasteiger partial charge in [-0.1, -0.05) is 35.4 Å². The fourth-order valence-corrected chi connectivity index (χ4v) is 3.30. The molecule has 0 spiro atoms. The highest BCUT2D eigenvalue weighted by Crippen LogP contribution is 2.26. The Labute approximate surface area is 188 Å². The zero-order valence-corrected chi connectivity index (χ0v) is 18.0. The lowest BCUT2D eigenvalue weighted by atomic mass is 10.1. The number of halogens is 1. The first kappa shape index (κ1) is 21.2. The Bertz CT molecular complexity index is 1380. The van der Waals surface area contributed by atoms with Crippen molar-refractivity contribution in [2.75, 3.05) is 5.32 Å². The number of carbonyl (C=O) groups is 1. The van der Waals surface area contributed by atoms with E-state index in [1.54, 1.807) is 16.9 Å². The first-order valence-electron chi connectivity index (χ1n) is 9.68. The molecule has 0 aliphatic heterocycles. The second-order valence-corrected chi connectivity index (χ2v) is 7.68. The van der Waals surface area contributed by atoms with Crippen LogP contribution in [0.25, 0.3) is 22.8 Å². The van der Waals surface area contributed by atoms with Gasteiger partial charge < -0.3 is 5.32 Å². The van der Waals surface area contributed by atoms with Gasteiger partial charge >= 0.3 is 0 Å². The van der Waals surface area contributed by atoms with Gasteiger partial charge in [0.1, 0.15) is 16.1 Å². The molecule has 0 fully saturated rings. The van der Waals surface area contributed by atoms with Gasteiger partial charge in [0.15, 0.2) is 0 Å². The first-order chi connectivity index (χ1) is 15.3. The van der Waals surface area contributed by atoms with Crippen LogP contribution in [0.2, 0.25) is 5.02 Å². The fourth-order valence-electron chi connectivity index (χ4n) is 3.12. The zero-order valence-electron chi connectivity index (χ0n) is 17.2. The molecule has 8 nitrogen and oxygen atoms in total. The molecule has 0 unspecified atom stereocenters. The van der Waals surface area contributed by atoms with Gasteiger partial charge in [-0.25, -0.2) is 0 Å². The number of aromatic nitrogens is 3. The van der Waals surface area contributed by atoms with E-state index in [0.717, 1.165) is 16.8 Å². The molecular formula is C23H18ClN5O3. The van der Waals surface area contributed by atoms with E-state index in [9.17, 15) is 14.9 Å². The summed E-state index contributed by atoms with van der Waals surface area (Å²) in [5, 5.41) is 22.9. The van der Waals surface area contributed by atoms with Gasteiger partial charge in [-0.3, -0.25) is 14.9 Å². The minimum absolute atomic E-state index is 0.0409. The molecule has 0 bridgehead atoms. The SMILES string of the molecule is Cc1ccc(-n2nc3cc(C)c(NC(=O)/C=C/c4ccc(Cl)c([N+](=O)[O-])c4)cc3n2)cc1. The van der Waals surface area contributed by atoms with Gasteiger partial charge in [-0.2, -0.15) is 4.80 Å². The van der Waals surface area contributed by atoms with Crippen molar-refractivity contribution in [3.05, 3.63) is 92.5 Å². The van der Waals surface area contributed by atoms with E-state index < -0.39 is 4.92 Å². The lowest BCUT2D eigenvalue weighted by Crippen LogP contribution is -2.09. The van der Waals surface area contributed by atoms with Crippen LogP contribution < -0.4 is 5.32 Å². The smallest absolute Gasteiger partial charge is 0.288 e. The molecule has 4 aromatic rings. The summed E-state index contributed by atoms with van der Waals surface area (Å²) in [5.41, 5.74) is 5.05. The first-order valence-corrected chi connectivity index (χ1v) is 10.1. The van der Waals surface area contributed by atoms with Crippen LogP contribution in [0.4, 0.5) is 11.4 Å². The maximum atomic E-state index is 12.4. The molecule has 9 heteroatoms. The van der Waals surface area contributed by atoms with Crippen molar-refractivity contribution < 1.29 is 9.72 Å². The number of carbonyl (C=O) groups excluding carboxylic acids is 1. The molecule has 1 amide bonds. The number of nitrogens with zero attached hydrogens (tertiary/aromatic N) is 4. The van der Waals surface area contributed by atoms with Crippen LogP contribution in [0.3, 0.4) is 0 Å². The molecule has 0 atom stereocenters. The standard InChI is InChI=1S/C23H18ClN5O3/c1-14-3-7-17(8-4-14)28-26-20-11-15(2)19(13-21(20)27-28)25-23(30)10-6-16-5-9-18(24)22(12-16)29(31)32/h3-13H,1-2H3,(H,25,30)/b10-6+. The van der Waals surface area contributed by atoms with E-state index in [0.29, 0.717) is 22.3 Å². The number of nitro benzene ring substituents is 1. The van der Waals surface area contributed by atoms with Crippen molar-refractivity contribution in [1.82, 2.24) is 15.0 Å². The largest absolute Gasteiger partial charge is 0.322 e. The Morgan fingerprint density at radius 1 is 1.06 bits per heavy atom. The van der Waals surface area contributed by atoms with Gasteiger partial charge in [0.2, 0.25) is 5.91 Å². The van der Waals surface area contributed by atoms with Gasteiger partial charge in [-0.15, -0.1) is 10.2 Å². The Hall–Kier alpha value is -4.04. The highest BCUT2D eigenvalue weighted by atomic mass is 35.5. The molecule has 32 heavy (non-hydrogen) atoms. The molecule has 1 N–H and O–H groups in total. The maximum Gasteiger partial charge on any atom is 0.288 e. The molecule has 1 heterocycles. The van der Waals surface area contributed by atoms with E-state index in [4.69, 9.17) is 11.6 Å². The van der Waals surface area contributed by atoms with Crippen molar-refractivity contribution in [2.24, 2.45) is 0 Å². The van der Waals surface area contributed by atoms with Crippen molar-refractivity contribution in [1.29, 1.82) is 0 Å². The van der Waals surface area contributed by atoms with E-state index in [-0.39, 0.29) is 16.6 Å². The summed E-state index contributed by atoms with van der Waals surface area (Å²) in [6.45, 7) is 3.88. The third-order valence-electron chi connectivity index (χ3n) is 4.84. The summed E-state index contributed by atoms with van der Waals surface area (Å²) in [4.78, 5) is 24.4. The molecule has 0 radical (unpaired) electrons. The van der Waals surface area contributed by atoms with Gasteiger partial charge in [0, 0.05) is 17.8 Å². The maximum absolute atomic E-state index is 12.4. The van der Waals surface area contributed by atoms with Gasteiger partial charge in [0.25, 0.3) is 5.69 Å². The number of rotatable bonds is 5. The Balaban J connectivity index is 1.54. The summed E-state index contributed by atoms with van der Waals surface area (Å²) >= 11 is 5.82. The number of hydrogen-bond donors (Lipinski definition) is 1. The quantitative estimate of drug-likeness (QED) is 0.255. The van der Waals surface area contributed by atoms with E-state index in [1.807, 2.05) is 44.2 Å². The second-order valence-electron chi connectivity index (χ2n) is 7.27. The molecule has 160 valence electrons. The average molecular weight is 448 g/mol. The second kappa shape index (κ2) is 8.60. The monoisotopic (exact) mass is 447 g/mol. The number of nitrogens with one attached hydrogen (secondary N) is 1. The van der Waals surface area contributed by atoms with E-state index in [1.165, 1.54) is 24.3 Å². The Kier molecular flexibility index (Phi) is 5.70. The summed E-state index contributed by atoms with van der Waals surface area (Å²) in [5.74, 6) is -0.379. The highest BCUT2D eigenvalue weighted by molar-refractivity contribution is 6.32. The number of fused-ring (bicyclic) bond motifs is 1. The van der Waals surface area contributed by atoms with Crippen molar-refractivity contribution in [3.8, 4) is 5.69 Å². The van der Waals surface area contributed by atoms with Crippen molar-refractivity contribution >= 4 is 46.0 Å². The van der Waals surface area contributed by atoms with Crippen LogP contribution in [-0.4, -0.2) is 25.8 Å². The fraction of sp³-hybridized carbons (Fsp3) is 0.0870. The minimum atomic E-state index is -0.567. The third-order valence-corrected chi connectivity index (χ3v) is 5.16. The van der Waals surface area contributed by atoms with Crippen LogP contribution in [0.1, 0.15) is 16.7 Å². The van der Waals surface area contributed by atoms with Crippen molar-refractivity contribution in [3.63, 3.8) is 0 Å². The van der Waals surface area contributed by atoms with Crippen LogP contribution in [0.5, 0.6) is 0 Å². The number of nitro groups is 1. The van der Waals surface area contributed by atoms with Crippen LogP contribution in [0, 0.1) is 24.0 Å². The summed E-state index contributed by atoms with van der Waals surface area (Å²) < 4.78 is 0. The van der Waals surface area contributed by atoms with Crippen LogP contribution in [0.15, 0.2) is 60.7 Å². The lowest BCUT2D eigenvalue weighted by Gasteiger charge is -2.05. The zero-order chi connectivity index (χ0) is 22.8. The van der Waals surface area contributed by atoms with Gasteiger partial charge in [0.05, 0.1) is 10.6 Å². The topological polar surface area (TPSA) is 103 Å². The molecular weight excluding hydrogens is 430 g/mol. The molecule has 0 aliphatic rings. The normalized spacial score (nSPS) is 11.2. The summed E-state index contributed by atoms with van der Waals surface area (Å²) in [7, 11) is 0. The predicted octanol–water partition coefficient (Wildman–Crippen LogP) is 5.25. The number of aryl methyl sites for hydroxylation is 2. The Morgan fingerprint density at radius 2 is 1.75 bits per heavy atom. The number of amides is 1. The van der Waals surface area contributed by atoms with Gasteiger partial charge in [-0.05, 0) is 61.4 Å². The average Bonchev–Trinajstić information content (AvgIpc) is 3.16. The highest BCUT2D eigenvalue weighted by Gasteiger charge is 2.12. The molecule has 0 aliphatic carbocycles. The molecule has 0 saturated carbocycles. The van der Waals surface area contributed by atoms with Crippen molar-refractivity contribution in [2.45, 2.75) is 13.8 Å². The molecule has 4 rings (SSSR count). The molecule has 3 aromatic carbocycles. The predicted molar refractivity (Wildman–Crippen MR) is 124 cm³/mol.